The number of rotatable bonds is 2. The summed E-state index contributed by atoms with van der Waals surface area (Å²) in [6.45, 7) is 11.8. The first-order valence-electron chi connectivity index (χ1n) is 10.9. The summed E-state index contributed by atoms with van der Waals surface area (Å²) in [5.41, 5.74) is 2.89. The quantitative estimate of drug-likeness (QED) is 0.737. The van der Waals surface area contributed by atoms with Crippen LogP contribution in [0.1, 0.15) is 65.5 Å². The number of carbonyl (C=O) groups is 1. The van der Waals surface area contributed by atoms with Crippen molar-refractivity contribution in [2.24, 2.45) is 5.92 Å². The molecule has 1 fully saturated rings. The maximum absolute atomic E-state index is 11.8. The SMILES string of the molecule is C[C@H]1CC=C(c2ccc3nn(C4CC(C)(C)N(C)C(C)(C)C4)cc3c2)N(C(=O)O)C1. The van der Waals surface area contributed by atoms with Gasteiger partial charge in [0.05, 0.1) is 17.3 Å². The van der Waals surface area contributed by atoms with E-state index >= 15 is 0 Å². The first-order chi connectivity index (χ1) is 14.0. The highest BCUT2D eigenvalue weighted by molar-refractivity contribution is 5.87. The lowest BCUT2D eigenvalue weighted by Crippen LogP contribution is -2.58. The molecule has 2 aromatic rings. The monoisotopic (exact) mass is 410 g/mol. The van der Waals surface area contributed by atoms with Crippen LogP contribution in [0.2, 0.25) is 0 Å². The fraction of sp³-hybridized carbons (Fsp3) is 0.583. The highest BCUT2D eigenvalue weighted by atomic mass is 16.4. The molecule has 1 N–H and O–H groups in total. The van der Waals surface area contributed by atoms with Gasteiger partial charge in [0, 0.05) is 29.2 Å². The number of nitrogens with zero attached hydrogens (tertiary/aromatic N) is 4. The van der Waals surface area contributed by atoms with Crippen LogP contribution in [0.4, 0.5) is 4.79 Å². The molecule has 162 valence electrons. The summed E-state index contributed by atoms with van der Waals surface area (Å²) in [7, 11) is 2.22. The van der Waals surface area contributed by atoms with Gasteiger partial charge in [-0.2, -0.15) is 5.10 Å². The highest BCUT2D eigenvalue weighted by Gasteiger charge is 2.43. The number of piperidine rings is 1. The van der Waals surface area contributed by atoms with Gasteiger partial charge in [-0.3, -0.25) is 14.5 Å². The molecule has 1 aromatic carbocycles. The minimum absolute atomic E-state index is 0.0985. The Balaban J connectivity index is 1.67. The average molecular weight is 411 g/mol. The Bertz CT molecular complexity index is 986. The topological polar surface area (TPSA) is 61.6 Å². The van der Waals surface area contributed by atoms with E-state index in [-0.39, 0.29) is 11.1 Å². The molecule has 0 aliphatic carbocycles. The molecular formula is C24H34N4O2. The minimum Gasteiger partial charge on any atom is -0.465 e. The zero-order chi connectivity index (χ0) is 21.8. The predicted octanol–water partition coefficient (Wildman–Crippen LogP) is 5.22. The Morgan fingerprint density at radius 1 is 1.17 bits per heavy atom. The van der Waals surface area contributed by atoms with Gasteiger partial charge >= 0.3 is 6.09 Å². The van der Waals surface area contributed by atoms with Gasteiger partial charge in [0.25, 0.3) is 0 Å². The van der Waals surface area contributed by atoms with Gasteiger partial charge in [-0.05, 0) is 77.6 Å². The second-order valence-electron chi connectivity index (χ2n) is 10.5. The average Bonchev–Trinajstić information content (AvgIpc) is 3.09. The van der Waals surface area contributed by atoms with Gasteiger partial charge < -0.3 is 5.11 Å². The third-order valence-electron chi connectivity index (χ3n) is 7.21. The van der Waals surface area contributed by atoms with Gasteiger partial charge in [0.1, 0.15) is 0 Å². The molecule has 1 atom stereocenters. The summed E-state index contributed by atoms with van der Waals surface area (Å²) < 4.78 is 2.14. The Kier molecular flexibility index (Phi) is 4.96. The smallest absolute Gasteiger partial charge is 0.411 e. The third-order valence-corrected chi connectivity index (χ3v) is 7.21. The van der Waals surface area contributed by atoms with Crippen molar-refractivity contribution in [2.75, 3.05) is 13.6 Å². The van der Waals surface area contributed by atoms with Crippen molar-refractivity contribution in [3.8, 4) is 0 Å². The molecule has 30 heavy (non-hydrogen) atoms. The van der Waals surface area contributed by atoms with Crippen LogP contribution in [0.25, 0.3) is 16.6 Å². The molecule has 0 saturated carbocycles. The number of hydrogen-bond donors (Lipinski definition) is 1. The Morgan fingerprint density at radius 3 is 2.47 bits per heavy atom. The fourth-order valence-electron chi connectivity index (χ4n) is 5.26. The summed E-state index contributed by atoms with van der Waals surface area (Å²) in [6.07, 6.45) is 6.29. The number of fused-ring (bicyclic) bond motifs is 1. The van der Waals surface area contributed by atoms with Crippen molar-refractivity contribution in [1.82, 2.24) is 19.6 Å². The van der Waals surface area contributed by atoms with Gasteiger partial charge in [0.2, 0.25) is 0 Å². The number of allylic oxidation sites excluding steroid dienone is 1. The van der Waals surface area contributed by atoms with E-state index in [0.717, 1.165) is 41.4 Å². The standard InChI is InChI=1S/C24H34N4O2/c1-16-7-10-21(27(14-16)22(29)30)17-8-9-20-18(11-17)15-28(25-20)19-12-23(2,3)26(6)24(4,5)13-19/h8-11,15-16,19H,7,12-14H2,1-6H3,(H,29,30)/t16-/m0/s1. The molecular weight excluding hydrogens is 376 g/mol. The van der Waals surface area contributed by atoms with E-state index < -0.39 is 6.09 Å². The molecule has 1 amide bonds. The van der Waals surface area contributed by atoms with E-state index in [1.54, 1.807) is 0 Å². The Labute approximate surface area is 179 Å². The van der Waals surface area contributed by atoms with Crippen molar-refractivity contribution in [2.45, 2.75) is 71.0 Å². The number of carboxylic acid groups (broad SMARTS) is 1. The lowest BCUT2D eigenvalue weighted by molar-refractivity contribution is -0.0284. The second-order valence-corrected chi connectivity index (χ2v) is 10.5. The van der Waals surface area contributed by atoms with Crippen molar-refractivity contribution < 1.29 is 9.90 Å². The van der Waals surface area contributed by atoms with E-state index in [0.29, 0.717) is 18.5 Å². The first kappa shape index (κ1) is 20.9. The van der Waals surface area contributed by atoms with E-state index in [1.807, 2.05) is 12.1 Å². The largest absolute Gasteiger partial charge is 0.465 e. The first-order valence-corrected chi connectivity index (χ1v) is 10.9. The van der Waals surface area contributed by atoms with Crippen molar-refractivity contribution in [3.05, 3.63) is 36.0 Å². The molecule has 2 aliphatic heterocycles. The van der Waals surface area contributed by atoms with Crippen LogP contribution in [-0.4, -0.2) is 55.5 Å². The van der Waals surface area contributed by atoms with Crippen LogP contribution >= 0.6 is 0 Å². The number of hydrogen-bond acceptors (Lipinski definition) is 3. The van der Waals surface area contributed by atoms with Crippen molar-refractivity contribution in [3.63, 3.8) is 0 Å². The second kappa shape index (κ2) is 7.12. The van der Waals surface area contributed by atoms with Crippen molar-refractivity contribution >= 4 is 22.7 Å². The molecule has 0 radical (unpaired) electrons. The highest BCUT2D eigenvalue weighted by Crippen LogP contribution is 2.42. The molecule has 6 heteroatoms. The van der Waals surface area contributed by atoms with Gasteiger partial charge in [-0.15, -0.1) is 0 Å². The predicted molar refractivity (Wildman–Crippen MR) is 120 cm³/mol. The Hall–Kier alpha value is -2.34. The fourth-order valence-corrected chi connectivity index (χ4v) is 5.26. The van der Waals surface area contributed by atoms with Crippen LogP contribution < -0.4 is 0 Å². The van der Waals surface area contributed by atoms with Gasteiger partial charge in [-0.1, -0.05) is 19.1 Å². The molecule has 6 nitrogen and oxygen atoms in total. The molecule has 0 spiro atoms. The number of benzene rings is 1. The van der Waals surface area contributed by atoms with Crippen LogP contribution in [0.5, 0.6) is 0 Å². The van der Waals surface area contributed by atoms with Crippen LogP contribution in [0.3, 0.4) is 0 Å². The summed E-state index contributed by atoms with van der Waals surface area (Å²) >= 11 is 0. The van der Waals surface area contributed by atoms with E-state index in [2.05, 4.69) is 69.6 Å². The lowest BCUT2D eigenvalue weighted by Gasteiger charge is -2.53. The maximum atomic E-state index is 11.8. The molecule has 0 unspecified atom stereocenters. The zero-order valence-electron chi connectivity index (χ0n) is 19.0. The molecule has 2 aliphatic rings. The molecule has 3 heterocycles. The summed E-state index contributed by atoms with van der Waals surface area (Å²) in [6, 6.07) is 6.44. The summed E-state index contributed by atoms with van der Waals surface area (Å²) in [4.78, 5) is 15.7. The summed E-state index contributed by atoms with van der Waals surface area (Å²) in [5.74, 6) is 0.340. The number of aromatic nitrogens is 2. The maximum Gasteiger partial charge on any atom is 0.411 e. The van der Waals surface area contributed by atoms with Crippen LogP contribution in [0, 0.1) is 5.92 Å². The normalized spacial score (nSPS) is 24.8. The molecule has 4 rings (SSSR count). The van der Waals surface area contributed by atoms with E-state index in [9.17, 15) is 9.90 Å². The zero-order valence-corrected chi connectivity index (χ0v) is 19.0. The van der Waals surface area contributed by atoms with Crippen molar-refractivity contribution in [1.29, 1.82) is 0 Å². The molecule has 1 aromatic heterocycles. The van der Waals surface area contributed by atoms with Gasteiger partial charge in [-0.25, -0.2) is 4.79 Å². The molecule has 1 saturated heterocycles. The number of likely N-dealkylation sites (tertiary alicyclic amines) is 1. The van der Waals surface area contributed by atoms with E-state index in [1.165, 1.54) is 4.90 Å². The third kappa shape index (κ3) is 3.62. The van der Waals surface area contributed by atoms with E-state index in [4.69, 9.17) is 5.10 Å². The molecule has 0 bridgehead atoms. The lowest BCUT2D eigenvalue weighted by atomic mass is 9.77. The minimum atomic E-state index is -0.889. The summed E-state index contributed by atoms with van der Waals surface area (Å²) in [5, 5.41) is 15.6. The number of amides is 1. The Morgan fingerprint density at radius 2 is 1.83 bits per heavy atom. The van der Waals surface area contributed by atoms with Crippen LogP contribution in [-0.2, 0) is 0 Å². The van der Waals surface area contributed by atoms with Crippen LogP contribution in [0.15, 0.2) is 30.5 Å². The van der Waals surface area contributed by atoms with Gasteiger partial charge in [0.15, 0.2) is 0 Å².